The highest BCUT2D eigenvalue weighted by atomic mass is 16.6. The standard InChI is InChI=1S/C16H12N2O5/c1-10-2-4-13-11(7-16(20)23-14(13)6-10)8-17-9-12(18(21)22)3-5-15(17)19/h2-7,9H,8H2,1H3. The van der Waals surface area contributed by atoms with E-state index in [0.29, 0.717) is 16.5 Å². The summed E-state index contributed by atoms with van der Waals surface area (Å²) in [7, 11) is 0. The van der Waals surface area contributed by atoms with Gasteiger partial charge >= 0.3 is 5.63 Å². The molecule has 3 rings (SSSR count). The van der Waals surface area contributed by atoms with Crippen LogP contribution in [0.4, 0.5) is 5.69 Å². The molecule has 3 aromatic rings. The maximum Gasteiger partial charge on any atom is 0.336 e. The fraction of sp³-hybridized carbons (Fsp3) is 0.125. The summed E-state index contributed by atoms with van der Waals surface area (Å²) in [4.78, 5) is 33.9. The molecule has 1 aromatic carbocycles. The van der Waals surface area contributed by atoms with Gasteiger partial charge < -0.3 is 8.98 Å². The molecule has 0 bridgehead atoms. The molecular weight excluding hydrogens is 300 g/mol. The first-order valence-corrected chi connectivity index (χ1v) is 6.82. The summed E-state index contributed by atoms with van der Waals surface area (Å²) in [5.41, 5.74) is 0.823. The molecule has 0 aliphatic rings. The lowest BCUT2D eigenvalue weighted by Crippen LogP contribution is -2.20. The van der Waals surface area contributed by atoms with Gasteiger partial charge in [0.2, 0.25) is 0 Å². The molecule has 0 saturated heterocycles. The first-order chi connectivity index (χ1) is 10.9. The Morgan fingerprint density at radius 1 is 1.17 bits per heavy atom. The summed E-state index contributed by atoms with van der Waals surface area (Å²) in [5, 5.41) is 11.5. The third-order valence-electron chi connectivity index (χ3n) is 3.51. The van der Waals surface area contributed by atoms with Gasteiger partial charge in [0.05, 0.1) is 17.7 Å². The number of fused-ring (bicyclic) bond motifs is 1. The molecular formula is C16H12N2O5. The summed E-state index contributed by atoms with van der Waals surface area (Å²) in [5.74, 6) is 0. The molecule has 23 heavy (non-hydrogen) atoms. The van der Waals surface area contributed by atoms with Gasteiger partial charge in [-0.1, -0.05) is 12.1 Å². The predicted octanol–water partition coefficient (Wildman–Crippen LogP) is 2.22. The van der Waals surface area contributed by atoms with Crippen molar-refractivity contribution in [3.63, 3.8) is 0 Å². The molecule has 0 unspecified atom stereocenters. The van der Waals surface area contributed by atoms with Gasteiger partial charge in [-0.25, -0.2) is 4.79 Å². The largest absolute Gasteiger partial charge is 0.423 e. The van der Waals surface area contributed by atoms with Crippen LogP contribution in [-0.4, -0.2) is 9.49 Å². The molecule has 0 N–H and O–H groups in total. The van der Waals surface area contributed by atoms with Crippen molar-refractivity contribution < 1.29 is 9.34 Å². The molecule has 0 saturated carbocycles. The zero-order valence-corrected chi connectivity index (χ0v) is 12.2. The van der Waals surface area contributed by atoms with Crippen LogP contribution >= 0.6 is 0 Å². The SMILES string of the molecule is Cc1ccc2c(Cn3cc([N+](=O)[O-])ccc3=O)cc(=O)oc2c1. The highest BCUT2D eigenvalue weighted by Crippen LogP contribution is 2.19. The number of hydrogen-bond acceptors (Lipinski definition) is 5. The molecule has 7 heteroatoms. The van der Waals surface area contributed by atoms with Crippen molar-refractivity contribution in [1.29, 1.82) is 0 Å². The number of hydrogen-bond donors (Lipinski definition) is 0. The highest BCUT2D eigenvalue weighted by Gasteiger charge is 2.11. The Morgan fingerprint density at radius 2 is 1.96 bits per heavy atom. The quantitative estimate of drug-likeness (QED) is 0.420. The van der Waals surface area contributed by atoms with Gasteiger partial charge in [-0.15, -0.1) is 0 Å². The van der Waals surface area contributed by atoms with Crippen molar-refractivity contribution in [2.24, 2.45) is 0 Å². The fourth-order valence-corrected chi connectivity index (χ4v) is 2.40. The van der Waals surface area contributed by atoms with Gasteiger partial charge in [0, 0.05) is 23.6 Å². The zero-order chi connectivity index (χ0) is 16.6. The van der Waals surface area contributed by atoms with Crippen LogP contribution in [0, 0.1) is 17.0 Å². The lowest BCUT2D eigenvalue weighted by Gasteiger charge is -2.08. The molecule has 0 radical (unpaired) electrons. The number of nitro groups is 1. The molecule has 0 amide bonds. The summed E-state index contributed by atoms with van der Waals surface area (Å²) in [6, 6.07) is 8.97. The van der Waals surface area contributed by atoms with Crippen LogP contribution in [0.3, 0.4) is 0 Å². The molecule has 0 atom stereocenters. The average Bonchev–Trinajstić information content (AvgIpc) is 2.48. The third kappa shape index (κ3) is 2.89. The van der Waals surface area contributed by atoms with Crippen LogP contribution in [-0.2, 0) is 6.54 Å². The average molecular weight is 312 g/mol. The first-order valence-electron chi connectivity index (χ1n) is 6.82. The Morgan fingerprint density at radius 3 is 2.70 bits per heavy atom. The van der Waals surface area contributed by atoms with Crippen molar-refractivity contribution in [2.75, 3.05) is 0 Å². The Bertz CT molecular complexity index is 1030. The van der Waals surface area contributed by atoms with Crippen LogP contribution in [0.2, 0.25) is 0 Å². The van der Waals surface area contributed by atoms with Gasteiger partial charge in [0.25, 0.3) is 11.2 Å². The van der Waals surface area contributed by atoms with Crippen molar-refractivity contribution in [3.05, 3.63) is 84.6 Å². The Hall–Kier alpha value is -3.22. The van der Waals surface area contributed by atoms with Crippen LogP contribution < -0.4 is 11.2 Å². The predicted molar refractivity (Wildman–Crippen MR) is 83.7 cm³/mol. The lowest BCUT2D eigenvalue weighted by molar-refractivity contribution is -0.385. The van der Waals surface area contributed by atoms with Crippen molar-refractivity contribution >= 4 is 16.7 Å². The van der Waals surface area contributed by atoms with Gasteiger partial charge in [-0.3, -0.25) is 14.9 Å². The number of rotatable bonds is 3. The minimum absolute atomic E-state index is 0.0473. The lowest BCUT2D eigenvalue weighted by atomic mass is 10.1. The van der Waals surface area contributed by atoms with Gasteiger partial charge in [-0.2, -0.15) is 0 Å². The first kappa shape index (κ1) is 14.7. The van der Waals surface area contributed by atoms with Gasteiger partial charge in [-0.05, 0) is 24.1 Å². The van der Waals surface area contributed by atoms with Crippen LogP contribution in [0.25, 0.3) is 11.0 Å². The normalized spacial score (nSPS) is 10.8. The molecule has 0 aliphatic heterocycles. The number of pyridine rings is 1. The maximum absolute atomic E-state index is 11.9. The molecule has 0 fully saturated rings. The second-order valence-electron chi connectivity index (χ2n) is 5.20. The molecule has 0 spiro atoms. The minimum Gasteiger partial charge on any atom is -0.423 e. The van der Waals surface area contributed by atoms with E-state index in [9.17, 15) is 19.7 Å². The van der Waals surface area contributed by atoms with Crippen molar-refractivity contribution in [3.8, 4) is 0 Å². The number of aryl methyl sites for hydroxylation is 1. The molecule has 0 aliphatic carbocycles. The maximum atomic E-state index is 11.9. The Labute approximate surface area is 129 Å². The summed E-state index contributed by atoms with van der Waals surface area (Å²) >= 11 is 0. The van der Waals surface area contributed by atoms with E-state index in [1.165, 1.54) is 10.6 Å². The van der Waals surface area contributed by atoms with E-state index in [1.807, 2.05) is 13.0 Å². The van der Waals surface area contributed by atoms with E-state index < -0.39 is 10.5 Å². The Kier molecular flexibility index (Phi) is 3.53. The molecule has 7 nitrogen and oxygen atoms in total. The van der Waals surface area contributed by atoms with Crippen LogP contribution in [0.5, 0.6) is 0 Å². The van der Waals surface area contributed by atoms with E-state index in [2.05, 4.69) is 0 Å². The third-order valence-corrected chi connectivity index (χ3v) is 3.51. The highest BCUT2D eigenvalue weighted by molar-refractivity contribution is 5.80. The van der Waals surface area contributed by atoms with Gasteiger partial charge in [0.15, 0.2) is 0 Å². The van der Waals surface area contributed by atoms with Gasteiger partial charge in [0.1, 0.15) is 5.58 Å². The van der Waals surface area contributed by atoms with E-state index in [0.717, 1.165) is 23.9 Å². The molecule has 2 aromatic heterocycles. The smallest absolute Gasteiger partial charge is 0.336 e. The van der Waals surface area contributed by atoms with Crippen molar-refractivity contribution in [2.45, 2.75) is 13.5 Å². The van der Waals surface area contributed by atoms with Crippen molar-refractivity contribution in [1.82, 2.24) is 4.57 Å². The second-order valence-corrected chi connectivity index (χ2v) is 5.20. The van der Waals surface area contributed by atoms with E-state index in [1.54, 1.807) is 12.1 Å². The zero-order valence-electron chi connectivity index (χ0n) is 12.2. The number of aromatic nitrogens is 1. The number of nitrogens with zero attached hydrogens (tertiary/aromatic N) is 2. The minimum atomic E-state index is -0.573. The second kappa shape index (κ2) is 5.53. The van der Waals surface area contributed by atoms with Crippen LogP contribution in [0.15, 0.2) is 56.6 Å². The summed E-state index contributed by atoms with van der Waals surface area (Å²) in [6.07, 6.45) is 1.16. The topological polar surface area (TPSA) is 95.3 Å². The Balaban J connectivity index is 2.15. The summed E-state index contributed by atoms with van der Waals surface area (Å²) < 4.78 is 6.36. The summed E-state index contributed by atoms with van der Waals surface area (Å²) in [6.45, 7) is 1.92. The molecule has 2 heterocycles. The fourth-order valence-electron chi connectivity index (χ4n) is 2.40. The number of benzene rings is 1. The van der Waals surface area contributed by atoms with E-state index in [4.69, 9.17) is 4.42 Å². The van der Waals surface area contributed by atoms with Crippen LogP contribution in [0.1, 0.15) is 11.1 Å². The van der Waals surface area contributed by atoms with E-state index >= 15 is 0 Å². The van der Waals surface area contributed by atoms with E-state index in [-0.39, 0.29) is 17.8 Å². The monoisotopic (exact) mass is 312 g/mol. The molecule has 116 valence electrons.